The molecule has 0 aromatic carbocycles. The van der Waals surface area contributed by atoms with Crippen molar-refractivity contribution in [3.63, 3.8) is 0 Å². The molecule has 0 radical (unpaired) electrons. The van der Waals surface area contributed by atoms with Gasteiger partial charge in [-0.25, -0.2) is 4.79 Å². The highest BCUT2D eigenvalue weighted by molar-refractivity contribution is 6.30. The number of aromatic nitrogens is 3. The molecular weight excluding hydrogens is 290 g/mol. The Bertz CT molecular complexity index is 746. The number of H-pyrrole nitrogens is 1. The number of rotatable bonds is 3. The summed E-state index contributed by atoms with van der Waals surface area (Å²) in [6.07, 6.45) is 5.73. The monoisotopic (exact) mass is 305 g/mol. The predicted molar refractivity (Wildman–Crippen MR) is 80.9 cm³/mol. The van der Waals surface area contributed by atoms with Crippen molar-refractivity contribution in [3.8, 4) is 0 Å². The Balaban J connectivity index is 2.06. The van der Waals surface area contributed by atoms with Crippen molar-refractivity contribution < 1.29 is 0 Å². The fraction of sp³-hybridized carbons (Fsp3) is 0.400. The first-order valence-electron chi connectivity index (χ1n) is 7.09. The standard InChI is InChI=1S/C15H16ClN3O2/c16-13-12(10-5-1-2-6-10)14(20)19(15(21)18-13)9-11-7-3-4-8-17-11/h3-4,7-8,10H,1-2,5-6,9H2,(H,18,21). The van der Waals surface area contributed by atoms with E-state index in [0.717, 1.165) is 25.7 Å². The van der Waals surface area contributed by atoms with Crippen molar-refractivity contribution >= 4 is 11.6 Å². The molecule has 2 heterocycles. The maximum absolute atomic E-state index is 12.6. The number of nitrogens with zero attached hydrogens (tertiary/aromatic N) is 2. The molecule has 0 bridgehead atoms. The van der Waals surface area contributed by atoms with Crippen LogP contribution in [0.25, 0.3) is 0 Å². The number of hydrogen-bond acceptors (Lipinski definition) is 3. The largest absolute Gasteiger partial charge is 0.329 e. The van der Waals surface area contributed by atoms with Gasteiger partial charge >= 0.3 is 5.69 Å². The van der Waals surface area contributed by atoms with E-state index in [0.29, 0.717) is 11.3 Å². The van der Waals surface area contributed by atoms with Gasteiger partial charge in [-0.15, -0.1) is 0 Å². The predicted octanol–water partition coefficient (Wildman–Crippen LogP) is 2.29. The summed E-state index contributed by atoms with van der Waals surface area (Å²) in [5.74, 6) is 0.150. The lowest BCUT2D eigenvalue weighted by Crippen LogP contribution is -2.38. The highest BCUT2D eigenvalue weighted by Gasteiger charge is 2.25. The maximum atomic E-state index is 12.6. The van der Waals surface area contributed by atoms with Gasteiger partial charge in [-0.3, -0.25) is 19.3 Å². The Morgan fingerprint density at radius 2 is 2.05 bits per heavy atom. The summed E-state index contributed by atoms with van der Waals surface area (Å²) in [7, 11) is 0. The zero-order chi connectivity index (χ0) is 14.8. The van der Waals surface area contributed by atoms with Gasteiger partial charge in [-0.2, -0.15) is 0 Å². The average Bonchev–Trinajstić information content (AvgIpc) is 2.98. The highest BCUT2D eigenvalue weighted by atomic mass is 35.5. The first-order chi connectivity index (χ1) is 10.2. The molecule has 1 saturated carbocycles. The molecule has 6 heteroatoms. The lowest BCUT2D eigenvalue weighted by Gasteiger charge is -2.13. The second-order valence-corrected chi connectivity index (χ2v) is 5.73. The van der Waals surface area contributed by atoms with Crippen molar-refractivity contribution in [3.05, 3.63) is 61.6 Å². The van der Waals surface area contributed by atoms with Crippen LogP contribution < -0.4 is 11.2 Å². The van der Waals surface area contributed by atoms with Crippen molar-refractivity contribution in [2.24, 2.45) is 0 Å². The number of halogens is 1. The van der Waals surface area contributed by atoms with Crippen LogP contribution in [0.15, 0.2) is 34.0 Å². The van der Waals surface area contributed by atoms with Crippen LogP contribution >= 0.6 is 11.6 Å². The molecule has 3 rings (SSSR count). The van der Waals surface area contributed by atoms with E-state index in [9.17, 15) is 9.59 Å². The number of nitrogens with one attached hydrogen (secondary N) is 1. The second kappa shape index (κ2) is 5.85. The van der Waals surface area contributed by atoms with Gasteiger partial charge in [0.1, 0.15) is 5.15 Å². The first kappa shape index (κ1) is 14.1. The van der Waals surface area contributed by atoms with Crippen LogP contribution in [-0.4, -0.2) is 14.5 Å². The zero-order valence-electron chi connectivity index (χ0n) is 11.5. The quantitative estimate of drug-likeness (QED) is 0.885. The molecule has 5 nitrogen and oxygen atoms in total. The van der Waals surface area contributed by atoms with Gasteiger partial charge in [0.05, 0.1) is 17.8 Å². The van der Waals surface area contributed by atoms with Crippen LogP contribution in [0.1, 0.15) is 42.9 Å². The third-order valence-electron chi connectivity index (χ3n) is 3.98. The Morgan fingerprint density at radius 3 is 2.71 bits per heavy atom. The summed E-state index contributed by atoms with van der Waals surface area (Å²) in [6.45, 7) is 0.159. The lowest BCUT2D eigenvalue weighted by atomic mass is 10.0. The molecule has 2 aromatic heterocycles. The molecule has 1 fully saturated rings. The summed E-state index contributed by atoms with van der Waals surface area (Å²) in [5, 5.41) is 0.189. The lowest BCUT2D eigenvalue weighted by molar-refractivity contribution is 0.634. The highest BCUT2D eigenvalue weighted by Crippen LogP contribution is 2.34. The first-order valence-corrected chi connectivity index (χ1v) is 7.47. The molecule has 110 valence electrons. The zero-order valence-corrected chi connectivity index (χ0v) is 12.3. The summed E-state index contributed by atoms with van der Waals surface area (Å²) in [5.41, 5.74) is 0.438. The van der Waals surface area contributed by atoms with E-state index in [2.05, 4.69) is 9.97 Å². The summed E-state index contributed by atoms with van der Waals surface area (Å²) in [4.78, 5) is 31.4. The van der Waals surface area contributed by atoms with Crippen LogP contribution in [0, 0.1) is 0 Å². The van der Waals surface area contributed by atoms with Crippen LogP contribution in [0.3, 0.4) is 0 Å². The molecule has 0 amide bonds. The maximum Gasteiger partial charge on any atom is 0.329 e. The Hall–Kier alpha value is -1.88. The smallest absolute Gasteiger partial charge is 0.297 e. The fourth-order valence-electron chi connectivity index (χ4n) is 2.93. The summed E-state index contributed by atoms with van der Waals surface area (Å²) >= 11 is 6.11. The minimum absolute atomic E-state index is 0.150. The van der Waals surface area contributed by atoms with Crippen LogP contribution in [0.2, 0.25) is 5.15 Å². The van der Waals surface area contributed by atoms with Crippen LogP contribution in [0.4, 0.5) is 0 Å². The Labute approximate surface area is 126 Å². The molecule has 1 aliphatic carbocycles. The SMILES string of the molecule is O=c1[nH]c(Cl)c(C2CCCC2)c(=O)n1Cc1ccccn1. The van der Waals surface area contributed by atoms with E-state index in [-0.39, 0.29) is 23.2 Å². The van der Waals surface area contributed by atoms with E-state index >= 15 is 0 Å². The van der Waals surface area contributed by atoms with Crippen LogP contribution in [-0.2, 0) is 6.54 Å². The van der Waals surface area contributed by atoms with Crippen molar-refractivity contribution in [2.45, 2.75) is 38.1 Å². The molecule has 0 spiro atoms. The molecule has 2 aromatic rings. The average molecular weight is 306 g/mol. The van der Waals surface area contributed by atoms with Crippen molar-refractivity contribution in [1.29, 1.82) is 0 Å². The molecule has 0 unspecified atom stereocenters. The van der Waals surface area contributed by atoms with Gasteiger partial charge in [0.2, 0.25) is 0 Å². The van der Waals surface area contributed by atoms with Gasteiger partial charge in [0.25, 0.3) is 5.56 Å². The van der Waals surface area contributed by atoms with E-state index in [4.69, 9.17) is 11.6 Å². The third-order valence-corrected chi connectivity index (χ3v) is 4.28. The normalized spacial score (nSPS) is 15.5. The molecule has 0 aliphatic heterocycles. The number of pyridine rings is 1. The Kier molecular flexibility index (Phi) is 3.92. The minimum atomic E-state index is -0.489. The van der Waals surface area contributed by atoms with Crippen molar-refractivity contribution in [1.82, 2.24) is 14.5 Å². The van der Waals surface area contributed by atoms with E-state index < -0.39 is 5.69 Å². The van der Waals surface area contributed by atoms with Crippen molar-refractivity contribution in [2.75, 3.05) is 0 Å². The van der Waals surface area contributed by atoms with Gasteiger partial charge in [-0.05, 0) is 30.9 Å². The molecular formula is C15H16ClN3O2. The van der Waals surface area contributed by atoms with E-state index in [1.807, 2.05) is 6.07 Å². The van der Waals surface area contributed by atoms with Gasteiger partial charge in [-0.1, -0.05) is 30.5 Å². The van der Waals surface area contributed by atoms with Gasteiger partial charge in [0.15, 0.2) is 0 Å². The summed E-state index contributed by atoms with van der Waals surface area (Å²) in [6, 6.07) is 5.41. The minimum Gasteiger partial charge on any atom is -0.297 e. The van der Waals surface area contributed by atoms with E-state index in [1.165, 1.54) is 4.57 Å². The topological polar surface area (TPSA) is 67.8 Å². The third kappa shape index (κ3) is 2.78. The molecule has 1 N–H and O–H groups in total. The summed E-state index contributed by atoms with van der Waals surface area (Å²) < 4.78 is 1.18. The van der Waals surface area contributed by atoms with Gasteiger partial charge < -0.3 is 0 Å². The number of hydrogen-bond donors (Lipinski definition) is 1. The molecule has 0 atom stereocenters. The van der Waals surface area contributed by atoms with E-state index in [1.54, 1.807) is 18.3 Å². The molecule has 1 aliphatic rings. The number of aromatic amines is 1. The Morgan fingerprint density at radius 1 is 1.29 bits per heavy atom. The van der Waals surface area contributed by atoms with Crippen LogP contribution in [0.5, 0.6) is 0 Å². The molecule has 21 heavy (non-hydrogen) atoms. The second-order valence-electron chi connectivity index (χ2n) is 5.35. The molecule has 0 saturated heterocycles. The van der Waals surface area contributed by atoms with Gasteiger partial charge in [0, 0.05) is 6.20 Å². The fourth-order valence-corrected chi connectivity index (χ4v) is 3.24.